The molecular formula is C46H56N8O5S. The van der Waals surface area contributed by atoms with Gasteiger partial charge in [-0.15, -0.1) is 11.3 Å². The van der Waals surface area contributed by atoms with Gasteiger partial charge in [0.15, 0.2) is 0 Å². The maximum Gasteiger partial charge on any atom is 0.246 e. The number of benzene rings is 3. The first-order chi connectivity index (χ1) is 28.6. The average molecular weight is 833 g/mol. The van der Waals surface area contributed by atoms with Gasteiger partial charge >= 0.3 is 0 Å². The second kappa shape index (κ2) is 19.0. The summed E-state index contributed by atoms with van der Waals surface area (Å²) in [7, 11) is 0. The number of phenols is 1. The van der Waals surface area contributed by atoms with Gasteiger partial charge in [0.25, 0.3) is 0 Å². The zero-order chi connectivity index (χ0) is 43.1. The van der Waals surface area contributed by atoms with Crippen molar-refractivity contribution in [3.8, 4) is 21.9 Å². The Hall–Kier alpha value is -5.86. The maximum atomic E-state index is 14.2. The van der Waals surface area contributed by atoms with E-state index < -0.39 is 17.5 Å². The number of carbonyl (C=O) groups is 3. The van der Waals surface area contributed by atoms with Crippen molar-refractivity contribution in [1.82, 2.24) is 25.4 Å². The van der Waals surface area contributed by atoms with Gasteiger partial charge in [-0.2, -0.15) is 0 Å². The first-order valence-corrected chi connectivity index (χ1v) is 21.3. The summed E-state index contributed by atoms with van der Waals surface area (Å²) in [5, 5.41) is 32.8. The molecule has 1 aromatic heterocycles. The molecule has 3 amide bonds. The Morgan fingerprint density at radius 2 is 1.67 bits per heavy atom. The third-order valence-corrected chi connectivity index (χ3v) is 12.2. The van der Waals surface area contributed by atoms with E-state index in [9.17, 15) is 19.5 Å². The SMILES string of the molecule is Cc1ncsc1-c1ccc(C(C)NC(=O)C2CCCN2C(=O)C(NC(=O)CN2CCC(Oc3ccc(/C(=C/C(=N)c4ccccc4O)C(=N)N)cc3)CC2)C(C)(C)C)cc1. The molecule has 0 saturated carbocycles. The molecule has 13 nitrogen and oxygen atoms in total. The molecule has 3 heterocycles. The maximum absolute atomic E-state index is 14.2. The number of carbonyl (C=O) groups excluding carboxylic acids is 3. The van der Waals surface area contributed by atoms with E-state index in [1.165, 1.54) is 12.1 Å². The van der Waals surface area contributed by atoms with Crippen LogP contribution in [0.4, 0.5) is 0 Å². The summed E-state index contributed by atoms with van der Waals surface area (Å²) in [4.78, 5) is 50.5. The van der Waals surface area contributed by atoms with Crippen molar-refractivity contribution in [2.24, 2.45) is 11.1 Å². The molecule has 2 saturated heterocycles. The quantitative estimate of drug-likeness (QED) is 0.0615. The lowest BCUT2D eigenvalue weighted by Crippen LogP contribution is -2.59. The number of phenolic OH excluding ortho intramolecular Hbond substituents is 1. The molecule has 0 spiro atoms. The van der Waals surface area contributed by atoms with Crippen molar-refractivity contribution in [2.75, 3.05) is 26.2 Å². The van der Waals surface area contributed by atoms with E-state index in [0.29, 0.717) is 67.8 Å². The number of rotatable bonds is 14. The third-order valence-electron chi connectivity index (χ3n) is 11.2. The summed E-state index contributed by atoms with van der Waals surface area (Å²) in [5.41, 5.74) is 11.5. The number of aryl methyl sites for hydroxylation is 1. The number of aromatic hydroxyl groups is 1. The Morgan fingerprint density at radius 1 is 0.983 bits per heavy atom. The zero-order valence-electron chi connectivity index (χ0n) is 35.0. The van der Waals surface area contributed by atoms with E-state index in [1.54, 1.807) is 58.7 Å². The number of amidine groups is 1. The molecule has 2 aliphatic rings. The predicted molar refractivity (Wildman–Crippen MR) is 236 cm³/mol. The lowest BCUT2D eigenvalue weighted by atomic mass is 9.85. The number of nitrogens with two attached hydrogens (primary N) is 1. The highest BCUT2D eigenvalue weighted by Crippen LogP contribution is 2.30. The Balaban J connectivity index is 0.990. The highest BCUT2D eigenvalue weighted by Gasteiger charge is 2.42. The number of para-hydroxylation sites is 1. The number of nitrogens with zero attached hydrogens (tertiary/aromatic N) is 3. The number of piperidine rings is 1. The van der Waals surface area contributed by atoms with Crippen LogP contribution in [0, 0.1) is 23.2 Å². The number of amides is 3. The van der Waals surface area contributed by atoms with Gasteiger partial charge in [-0.05, 0) is 92.0 Å². The van der Waals surface area contributed by atoms with Crippen LogP contribution in [-0.2, 0) is 14.4 Å². The second-order valence-corrected chi connectivity index (χ2v) is 17.6. The average Bonchev–Trinajstić information content (AvgIpc) is 3.89. The Kier molecular flexibility index (Phi) is 13.9. The fraction of sp³-hybridized carbons (Fsp3) is 0.391. The summed E-state index contributed by atoms with van der Waals surface area (Å²) >= 11 is 1.60. The molecule has 14 heteroatoms. The van der Waals surface area contributed by atoms with Crippen molar-refractivity contribution in [3.05, 3.63) is 107 Å². The van der Waals surface area contributed by atoms with Crippen molar-refractivity contribution in [2.45, 2.75) is 84.5 Å². The van der Waals surface area contributed by atoms with E-state index in [-0.39, 0.29) is 53.7 Å². The Labute approximate surface area is 356 Å². The molecule has 0 bridgehead atoms. The molecule has 60 heavy (non-hydrogen) atoms. The number of likely N-dealkylation sites (tertiary alicyclic amines) is 2. The van der Waals surface area contributed by atoms with Gasteiger partial charge in [0.05, 0.1) is 34.4 Å². The molecule has 0 aliphatic carbocycles. The van der Waals surface area contributed by atoms with Gasteiger partial charge in [-0.3, -0.25) is 24.7 Å². The van der Waals surface area contributed by atoms with Gasteiger partial charge in [0, 0.05) is 30.8 Å². The van der Waals surface area contributed by atoms with Crippen molar-refractivity contribution in [3.63, 3.8) is 0 Å². The van der Waals surface area contributed by atoms with Gasteiger partial charge in [0.2, 0.25) is 17.7 Å². The number of allylic oxidation sites excluding steroid dienone is 1. The van der Waals surface area contributed by atoms with Gasteiger partial charge in [-0.25, -0.2) is 4.98 Å². The van der Waals surface area contributed by atoms with Gasteiger partial charge < -0.3 is 36.5 Å². The minimum absolute atomic E-state index is 0.0258. The van der Waals surface area contributed by atoms with Crippen LogP contribution < -0.4 is 21.1 Å². The van der Waals surface area contributed by atoms with Crippen LogP contribution in [0.5, 0.6) is 11.5 Å². The highest BCUT2D eigenvalue weighted by atomic mass is 32.1. The summed E-state index contributed by atoms with van der Waals surface area (Å²) < 4.78 is 6.28. The van der Waals surface area contributed by atoms with Crippen molar-refractivity contribution < 1.29 is 24.2 Å². The number of hydrogen-bond acceptors (Lipinski definition) is 10. The number of ether oxygens (including phenoxy) is 1. The van der Waals surface area contributed by atoms with Crippen LogP contribution in [-0.4, -0.2) is 93.5 Å². The summed E-state index contributed by atoms with van der Waals surface area (Å²) in [5.74, 6) is -0.261. The van der Waals surface area contributed by atoms with Crippen LogP contribution in [0.25, 0.3) is 16.0 Å². The second-order valence-electron chi connectivity index (χ2n) is 16.7. The number of aromatic nitrogens is 1. The highest BCUT2D eigenvalue weighted by molar-refractivity contribution is 7.13. The molecule has 0 radical (unpaired) electrons. The third kappa shape index (κ3) is 10.7. The topological polar surface area (TPSA) is 198 Å². The molecule has 2 aliphatic heterocycles. The van der Waals surface area contributed by atoms with Crippen LogP contribution >= 0.6 is 11.3 Å². The van der Waals surface area contributed by atoms with Crippen molar-refractivity contribution >= 4 is 46.2 Å². The predicted octanol–water partition coefficient (Wildman–Crippen LogP) is 6.45. The fourth-order valence-corrected chi connectivity index (χ4v) is 8.56. The molecule has 3 atom stereocenters. The van der Waals surface area contributed by atoms with Crippen LogP contribution in [0.2, 0.25) is 0 Å². The Bertz CT molecular complexity index is 2220. The summed E-state index contributed by atoms with van der Waals surface area (Å²) in [6.07, 6.45) is 4.07. The minimum atomic E-state index is -0.808. The molecule has 2 fully saturated rings. The number of nitrogens with one attached hydrogen (secondary N) is 4. The summed E-state index contributed by atoms with van der Waals surface area (Å²) in [6, 6.07) is 20.2. The van der Waals surface area contributed by atoms with E-state index in [1.807, 2.05) is 64.4 Å². The zero-order valence-corrected chi connectivity index (χ0v) is 35.8. The molecule has 3 unspecified atom stereocenters. The van der Waals surface area contributed by atoms with Crippen molar-refractivity contribution in [1.29, 1.82) is 10.8 Å². The lowest BCUT2D eigenvalue weighted by molar-refractivity contribution is -0.144. The molecule has 4 aromatic rings. The monoisotopic (exact) mass is 832 g/mol. The van der Waals surface area contributed by atoms with Gasteiger partial charge in [-0.1, -0.05) is 69.3 Å². The smallest absolute Gasteiger partial charge is 0.246 e. The summed E-state index contributed by atoms with van der Waals surface area (Å²) in [6.45, 7) is 11.6. The van der Waals surface area contributed by atoms with Crippen LogP contribution in [0.3, 0.4) is 0 Å². The van der Waals surface area contributed by atoms with Gasteiger partial charge in [0.1, 0.15) is 35.5 Å². The Morgan fingerprint density at radius 3 is 2.28 bits per heavy atom. The van der Waals surface area contributed by atoms with Crippen LogP contribution in [0.1, 0.15) is 81.8 Å². The number of thiazole rings is 1. The fourth-order valence-electron chi connectivity index (χ4n) is 7.75. The first kappa shape index (κ1) is 43.7. The minimum Gasteiger partial charge on any atom is -0.507 e. The van der Waals surface area contributed by atoms with E-state index in [4.69, 9.17) is 21.3 Å². The van der Waals surface area contributed by atoms with E-state index in [0.717, 1.165) is 21.7 Å². The standard InChI is InChI=1S/C46H56N8O5S/c1-28(30-12-14-32(15-13-30)41-29(2)50-27-60-41)51-44(57)38-10-8-22-54(38)45(58)42(46(3,4)5)52-40(56)26-53-23-20-34(21-24-53)59-33-18-16-31(17-19-33)36(43(48)49)25-37(47)35-9-6-7-11-39(35)55/h6-7,9,11-19,25,27-28,34,38,42,47,55H,8,10,20-24,26H2,1-5H3,(H3,48,49)(H,51,57)(H,52,56)/b36-25-,47-37?. The first-order valence-electron chi connectivity index (χ1n) is 20.4. The largest absolute Gasteiger partial charge is 0.507 e. The van der Waals surface area contributed by atoms with E-state index >= 15 is 0 Å². The molecule has 7 N–H and O–H groups in total. The van der Waals surface area contributed by atoms with E-state index in [2.05, 4.69) is 20.5 Å². The molecular weight excluding hydrogens is 777 g/mol. The molecule has 316 valence electrons. The van der Waals surface area contributed by atoms with Crippen LogP contribution in [0.15, 0.2) is 84.4 Å². The lowest BCUT2D eigenvalue weighted by Gasteiger charge is -2.36. The molecule has 3 aromatic carbocycles. The molecule has 6 rings (SSSR count). The number of hydrogen-bond donors (Lipinski definition) is 6. The normalized spacial score (nSPS) is 17.4.